The fourth-order valence-corrected chi connectivity index (χ4v) is 4.32. The minimum Gasteiger partial charge on any atom is -0.481 e. The number of unbranched alkanes of at least 4 members (excludes halogenated alkanes) is 1. The van der Waals surface area contributed by atoms with Crippen molar-refractivity contribution in [2.75, 3.05) is 11.9 Å². The molecule has 6 nitrogen and oxygen atoms in total. The van der Waals surface area contributed by atoms with Gasteiger partial charge in [0, 0.05) is 18.7 Å². The number of nitrogens with zero attached hydrogens (tertiary/aromatic N) is 1. The average Bonchev–Trinajstić information content (AvgIpc) is 2.93. The Kier molecular flexibility index (Phi) is 11.2. The molecule has 200 valence electrons. The summed E-state index contributed by atoms with van der Waals surface area (Å²) in [6.07, 6.45) is 7.78. The molecule has 3 aromatic rings. The molecule has 0 aliphatic rings. The summed E-state index contributed by atoms with van der Waals surface area (Å²) in [4.78, 5) is 29.0. The first-order valence-electron chi connectivity index (χ1n) is 13.3. The smallest absolute Gasteiger partial charge is 0.310 e. The number of anilines is 1. The zero-order valence-electron chi connectivity index (χ0n) is 22.4. The van der Waals surface area contributed by atoms with Crippen LogP contribution in [0, 0.1) is 5.41 Å². The molecule has 0 bridgehead atoms. The second kappa shape index (κ2) is 14.8. The third kappa shape index (κ3) is 8.96. The molecule has 2 aromatic carbocycles. The highest BCUT2D eigenvalue weighted by molar-refractivity contribution is 5.94. The van der Waals surface area contributed by atoms with Crippen LogP contribution in [0.1, 0.15) is 68.5 Å². The second-order valence-corrected chi connectivity index (χ2v) is 9.53. The van der Waals surface area contributed by atoms with Crippen LogP contribution in [0.3, 0.4) is 0 Å². The van der Waals surface area contributed by atoms with Gasteiger partial charge in [-0.1, -0.05) is 68.5 Å². The summed E-state index contributed by atoms with van der Waals surface area (Å²) < 4.78 is 5.83. The Balaban J connectivity index is 1.49. The molecule has 6 heteroatoms. The number of carboxylic acids is 1. The summed E-state index contributed by atoms with van der Waals surface area (Å²) in [7, 11) is 0. The van der Waals surface area contributed by atoms with Gasteiger partial charge in [0.1, 0.15) is 0 Å². The van der Waals surface area contributed by atoms with Gasteiger partial charge >= 0.3 is 5.97 Å². The molecule has 0 unspecified atom stereocenters. The van der Waals surface area contributed by atoms with E-state index in [9.17, 15) is 14.7 Å². The maximum Gasteiger partial charge on any atom is 0.310 e. The second-order valence-electron chi connectivity index (χ2n) is 9.53. The number of pyridine rings is 1. The largest absolute Gasteiger partial charge is 0.481 e. The molecule has 0 atom stereocenters. The normalized spacial score (nSPS) is 11.5. The van der Waals surface area contributed by atoms with Gasteiger partial charge in [-0.2, -0.15) is 0 Å². The van der Waals surface area contributed by atoms with E-state index in [2.05, 4.69) is 34.6 Å². The number of nitrogens with one attached hydrogen (secondary N) is 1. The molecule has 0 fully saturated rings. The summed E-state index contributed by atoms with van der Waals surface area (Å²) >= 11 is 0. The molecule has 1 heterocycles. The van der Waals surface area contributed by atoms with Crippen molar-refractivity contribution in [1.82, 2.24) is 4.98 Å². The molecule has 38 heavy (non-hydrogen) atoms. The van der Waals surface area contributed by atoms with E-state index in [0.717, 1.165) is 36.2 Å². The molecule has 2 N–H and O–H groups in total. The Morgan fingerprint density at radius 3 is 2.45 bits per heavy atom. The van der Waals surface area contributed by atoms with Crippen LogP contribution in [0.2, 0.25) is 0 Å². The van der Waals surface area contributed by atoms with E-state index in [0.29, 0.717) is 31.7 Å². The van der Waals surface area contributed by atoms with E-state index in [4.69, 9.17) is 4.74 Å². The minimum absolute atomic E-state index is 0.0544. The Morgan fingerprint density at radius 1 is 0.947 bits per heavy atom. The van der Waals surface area contributed by atoms with Gasteiger partial charge in [-0.3, -0.25) is 14.6 Å². The van der Waals surface area contributed by atoms with Crippen LogP contribution in [0.4, 0.5) is 5.69 Å². The van der Waals surface area contributed by atoms with E-state index >= 15 is 0 Å². The quantitative estimate of drug-likeness (QED) is 0.213. The highest BCUT2D eigenvalue weighted by atomic mass is 16.5. The van der Waals surface area contributed by atoms with E-state index in [1.54, 1.807) is 19.9 Å². The lowest BCUT2D eigenvalue weighted by Crippen LogP contribution is -2.34. The van der Waals surface area contributed by atoms with Crippen LogP contribution in [0.5, 0.6) is 0 Å². The first kappa shape index (κ1) is 28.8. The number of carbonyl (C=O) groups excluding carboxylic acids is 1. The lowest BCUT2D eigenvalue weighted by Gasteiger charge is -2.25. The molecule has 1 aromatic heterocycles. The van der Waals surface area contributed by atoms with Gasteiger partial charge in [0.2, 0.25) is 5.91 Å². The molecule has 0 saturated carbocycles. The zero-order chi connectivity index (χ0) is 27.2. The van der Waals surface area contributed by atoms with Crippen LogP contribution in [0.25, 0.3) is 12.2 Å². The number of amides is 1. The number of ether oxygens (including phenoxy) is 1. The summed E-state index contributed by atoms with van der Waals surface area (Å²) in [5, 5.41) is 12.4. The lowest BCUT2D eigenvalue weighted by atomic mass is 9.79. The number of aromatic nitrogens is 1. The van der Waals surface area contributed by atoms with Crippen molar-refractivity contribution in [3.8, 4) is 0 Å². The van der Waals surface area contributed by atoms with Gasteiger partial charge in [0.25, 0.3) is 0 Å². The van der Waals surface area contributed by atoms with Crippen molar-refractivity contribution >= 4 is 29.7 Å². The highest BCUT2D eigenvalue weighted by Crippen LogP contribution is 2.31. The molecule has 3 rings (SSSR count). The van der Waals surface area contributed by atoms with Gasteiger partial charge < -0.3 is 15.2 Å². The third-order valence-electron chi connectivity index (χ3n) is 6.85. The number of hydrogen-bond donors (Lipinski definition) is 2. The minimum atomic E-state index is -1.04. The molecule has 0 aliphatic heterocycles. The molecular weight excluding hydrogens is 476 g/mol. The van der Waals surface area contributed by atoms with Crippen LogP contribution in [-0.4, -0.2) is 28.6 Å². The predicted molar refractivity (Wildman–Crippen MR) is 153 cm³/mol. The van der Waals surface area contributed by atoms with Crippen molar-refractivity contribution < 1.29 is 19.4 Å². The number of benzene rings is 2. The van der Waals surface area contributed by atoms with Crippen molar-refractivity contribution in [2.24, 2.45) is 5.41 Å². The number of rotatable bonds is 15. The summed E-state index contributed by atoms with van der Waals surface area (Å²) in [5.74, 6) is -1.23. The Bertz CT molecular complexity index is 1200. The maximum atomic E-state index is 12.6. The summed E-state index contributed by atoms with van der Waals surface area (Å²) in [6, 6.07) is 23.8. The average molecular weight is 515 g/mol. The fourth-order valence-electron chi connectivity index (χ4n) is 4.32. The van der Waals surface area contributed by atoms with Crippen molar-refractivity contribution in [3.63, 3.8) is 0 Å². The SMILES string of the molecule is CCC(CC)(CC(=O)Nc1cccc(C=Cc2cccc(COCCCCc3ccccc3)n2)c1)C(=O)O. The molecule has 0 spiro atoms. The van der Waals surface area contributed by atoms with Crippen LogP contribution in [0.15, 0.2) is 72.8 Å². The standard InChI is InChI=1S/C32H38N2O4/c1-3-32(4-2,31(36)37)23-30(35)34-28-17-10-15-26(22-28)19-20-27-16-11-18-29(33-27)24-38-21-9-8-14-25-12-6-5-7-13-25/h5-7,10-13,15-20,22H,3-4,8-9,14,21,23-24H2,1-2H3,(H,34,35)(H,36,37). The monoisotopic (exact) mass is 514 g/mol. The lowest BCUT2D eigenvalue weighted by molar-refractivity contribution is -0.151. The zero-order valence-corrected chi connectivity index (χ0v) is 22.4. The Morgan fingerprint density at radius 2 is 1.71 bits per heavy atom. The van der Waals surface area contributed by atoms with E-state index in [1.165, 1.54) is 5.56 Å². The van der Waals surface area contributed by atoms with Gasteiger partial charge in [0.15, 0.2) is 0 Å². The molecular formula is C32H38N2O4. The van der Waals surface area contributed by atoms with Crippen molar-refractivity contribution in [3.05, 3.63) is 95.3 Å². The highest BCUT2D eigenvalue weighted by Gasteiger charge is 2.37. The van der Waals surface area contributed by atoms with Gasteiger partial charge in [-0.05, 0) is 73.6 Å². The Hall–Kier alpha value is -3.77. The summed E-state index contributed by atoms with van der Waals surface area (Å²) in [5.41, 5.74) is 3.55. The number of aryl methyl sites for hydroxylation is 1. The van der Waals surface area contributed by atoms with Crippen LogP contribution < -0.4 is 5.32 Å². The van der Waals surface area contributed by atoms with Crippen molar-refractivity contribution in [1.29, 1.82) is 0 Å². The van der Waals surface area contributed by atoms with E-state index < -0.39 is 11.4 Å². The molecule has 1 amide bonds. The van der Waals surface area contributed by atoms with Gasteiger partial charge in [-0.15, -0.1) is 0 Å². The number of hydrogen-bond acceptors (Lipinski definition) is 4. The van der Waals surface area contributed by atoms with E-state index in [1.807, 2.05) is 54.6 Å². The molecule has 0 radical (unpaired) electrons. The van der Waals surface area contributed by atoms with E-state index in [-0.39, 0.29) is 12.3 Å². The Labute approximate surface area is 225 Å². The third-order valence-corrected chi connectivity index (χ3v) is 6.85. The first-order chi connectivity index (χ1) is 18.4. The van der Waals surface area contributed by atoms with Crippen LogP contribution in [-0.2, 0) is 27.4 Å². The van der Waals surface area contributed by atoms with Crippen LogP contribution >= 0.6 is 0 Å². The maximum absolute atomic E-state index is 12.6. The number of carbonyl (C=O) groups is 2. The van der Waals surface area contributed by atoms with Gasteiger partial charge in [0.05, 0.1) is 23.4 Å². The first-order valence-corrected chi connectivity index (χ1v) is 13.3. The molecule has 0 aliphatic carbocycles. The summed E-state index contributed by atoms with van der Waals surface area (Å²) in [6.45, 7) is 4.79. The number of carboxylic acid groups (broad SMARTS) is 1. The van der Waals surface area contributed by atoms with Gasteiger partial charge in [-0.25, -0.2) is 0 Å². The fraction of sp³-hybridized carbons (Fsp3) is 0.344. The van der Waals surface area contributed by atoms with Crippen molar-refractivity contribution in [2.45, 2.75) is 59.0 Å². The molecule has 0 saturated heterocycles. The predicted octanol–water partition coefficient (Wildman–Crippen LogP) is 7.01. The number of aliphatic carboxylic acids is 1. The topological polar surface area (TPSA) is 88.5 Å².